The summed E-state index contributed by atoms with van der Waals surface area (Å²) >= 11 is 0. The summed E-state index contributed by atoms with van der Waals surface area (Å²) in [6, 6.07) is 0. The maximum Gasteiger partial charge on any atom is 0.223 e. The van der Waals surface area contributed by atoms with Crippen molar-refractivity contribution in [1.82, 2.24) is 10.2 Å². The minimum absolute atomic E-state index is 0.0405. The van der Waals surface area contributed by atoms with E-state index in [0.29, 0.717) is 25.4 Å². The molecule has 5 nitrogen and oxygen atoms in total. The molecule has 2 atom stereocenters. The van der Waals surface area contributed by atoms with E-state index in [1.807, 2.05) is 0 Å². The number of nitrogens with two attached hydrogens (primary N) is 1. The molecule has 2 amide bonds. The number of nitrogens with zero attached hydrogens (tertiary/aromatic N) is 1. The van der Waals surface area contributed by atoms with Crippen LogP contribution in [0.5, 0.6) is 0 Å². The summed E-state index contributed by atoms with van der Waals surface area (Å²) in [4.78, 5) is 24.8. The Hall–Kier alpha value is -1.10. The predicted molar refractivity (Wildman–Crippen MR) is 70.8 cm³/mol. The first kappa shape index (κ1) is 15.0. The second kappa shape index (κ2) is 7.36. The van der Waals surface area contributed by atoms with E-state index >= 15 is 0 Å². The lowest BCUT2D eigenvalue weighted by atomic mass is 9.81. The minimum Gasteiger partial charge on any atom is -0.355 e. The number of hydrogen-bond acceptors (Lipinski definition) is 3. The average molecular weight is 255 g/mol. The van der Waals surface area contributed by atoms with Crippen molar-refractivity contribution in [2.24, 2.45) is 17.6 Å². The molecule has 2 unspecified atom stereocenters. The SMILES string of the molecule is CN(C)C(=O)CCNC(=O)C1CCCC(CN)C1. The molecule has 1 fully saturated rings. The molecule has 0 heterocycles. The summed E-state index contributed by atoms with van der Waals surface area (Å²) < 4.78 is 0. The van der Waals surface area contributed by atoms with Crippen LogP contribution >= 0.6 is 0 Å². The highest BCUT2D eigenvalue weighted by molar-refractivity contribution is 5.80. The van der Waals surface area contributed by atoms with Gasteiger partial charge in [-0.1, -0.05) is 6.42 Å². The Kier molecular flexibility index (Phi) is 6.12. The van der Waals surface area contributed by atoms with Crippen LogP contribution in [-0.4, -0.2) is 43.9 Å². The van der Waals surface area contributed by atoms with Gasteiger partial charge in [0.25, 0.3) is 0 Å². The van der Waals surface area contributed by atoms with Crippen LogP contribution in [0.4, 0.5) is 0 Å². The van der Waals surface area contributed by atoms with Gasteiger partial charge in [-0.3, -0.25) is 9.59 Å². The van der Waals surface area contributed by atoms with Crippen LogP contribution in [0.25, 0.3) is 0 Å². The van der Waals surface area contributed by atoms with Crippen molar-refractivity contribution in [3.8, 4) is 0 Å². The second-order valence-corrected chi connectivity index (χ2v) is 5.29. The van der Waals surface area contributed by atoms with E-state index in [9.17, 15) is 9.59 Å². The van der Waals surface area contributed by atoms with Gasteiger partial charge in [0.15, 0.2) is 0 Å². The lowest BCUT2D eigenvalue weighted by Crippen LogP contribution is -2.37. The van der Waals surface area contributed by atoms with Gasteiger partial charge >= 0.3 is 0 Å². The summed E-state index contributed by atoms with van der Waals surface area (Å²) in [5, 5.41) is 2.86. The van der Waals surface area contributed by atoms with Crippen molar-refractivity contribution >= 4 is 11.8 Å². The summed E-state index contributed by atoms with van der Waals surface area (Å²) in [5.74, 6) is 0.693. The van der Waals surface area contributed by atoms with Crippen molar-refractivity contribution in [2.45, 2.75) is 32.1 Å². The van der Waals surface area contributed by atoms with Crippen LogP contribution in [0.15, 0.2) is 0 Å². The van der Waals surface area contributed by atoms with Crippen LogP contribution in [0, 0.1) is 11.8 Å². The Bertz CT molecular complexity index is 292. The first-order chi connectivity index (χ1) is 8.54. The summed E-state index contributed by atoms with van der Waals surface area (Å²) in [5.41, 5.74) is 5.66. The first-order valence-corrected chi connectivity index (χ1v) is 6.72. The zero-order valence-corrected chi connectivity index (χ0v) is 11.4. The molecular formula is C13H25N3O2. The zero-order chi connectivity index (χ0) is 13.5. The minimum atomic E-state index is 0.0405. The highest BCUT2D eigenvalue weighted by Crippen LogP contribution is 2.28. The predicted octanol–water partition coefficient (Wildman–Crippen LogP) is 0.346. The number of hydrogen-bond donors (Lipinski definition) is 2. The molecule has 0 aromatic heterocycles. The summed E-state index contributed by atoms with van der Waals surface area (Å²) in [6.07, 6.45) is 4.43. The second-order valence-electron chi connectivity index (χ2n) is 5.29. The molecular weight excluding hydrogens is 230 g/mol. The number of carbonyl (C=O) groups excluding carboxylic acids is 2. The maximum absolute atomic E-state index is 11.9. The highest BCUT2D eigenvalue weighted by atomic mass is 16.2. The first-order valence-electron chi connectivity index (χ1n) is 6.72. The van der Waals surface area contributed by atoms with E-state index in [4.69, 9.17) is 5.73 Å². The third kappa shape index (κ3) is 4.64. The van der Waals surface area contributed by atoms with Crippen molar-refractivity contribution in [3.05, 3.63) is 0 Å². The number of amides is 2. The van der Waals surface area contributed by atoms with Crippen LogP contribution < -0.4 is 11.1 Å². The molecule has 104 valence electrons. The van der Waals surface area contributed by atoms with E-state index in [1.165, 1.54) is 4.90 Å². The molecule has 18 heavy (non-hydrogen) atoms. The standard InChI is InChI=1S/C13H25N3O2/c1-16(2)12(17)6-7-15-13(18)11-5-3-4-10(8-11)9-14/h10-11H,3-9,14H2,1-2H3,(H,15,18). The van der Waals surface area contributed by atoms with E-state index < -0.39 is 0 Å². The summed E-state index contributed by atoms with van der Waals surface area (Å²) in [7, 11) is 3.44. The Morgan fingerprint density at radius 2 is 2.06 bits per heavy atom. The molecule has 0 saturated heterocycles. The molecule has 0 radical (unpaired) electrons. The van der Waals surface area contributed by atoms with E-state index in [-0.39, 0.29) is 17.7 Å². The van der Waals surface area contributed by atoms with Gasteiger partial charge < -0.3 is 16.0 Å². The molecule has 1 rings (SSSR count). The van der Waals surface area contributed by atoms with E-state index in [1.54, 1.807) is 14.1 Å². The van der Waals surface area contributed by atoms with Gasteiger partial charge in [-0.05, 0) is 31.7 Å². The van der Waals surface area contributed by atoms with Gasteiger partial charge in [0.2, 0.25) is 11.8 Å². The number of rotatable bonds is 5. The quantitative estimate of drug-likeness (QED) is 0.744. The third-order valence-corrected chi connectivity index (χ3v) is 3.62. The van der Waals surface area contributed by atoms with Gasteiger partial charge in [-0.15, -0.1) is 0 Å². The Morgan fingerprint density at radius 1 is 1.33 bits per heavy atom. The van der Waals surface area contributed by atoms with Crippen molar-refractivity contribution in [3.63, 3.8) is 0 Å². The molecule has 1 aliphatic carbocycles. The monoisotopic (exact) mass is 255 g/mol. The van der Waals surface area contributed by atoms with Crippen LogP contribution in [0.1, 0.15) is 32.1 Å². The van der Waals surface area contributed by atoms with Gasteiger partial charge in [0.1, 0.15) is 0 Å². The molecule has 0 aliphatic heterocycles. The Morgan fingerprint density at radius 3 is 2.67 bits per heavy atom. The molecule has 3 N–H and O–H groups in total. The highest BCUT2D eigenvalue weighted by Gasteiger charge is 2.26. The molecule has 0 spiro atoms. The lowest BCUT2D eigenvalue weighted by Gasteiger charge is -2.27. The molecule has 5 heteroatoms. The van der Waals surface area contributed by atoms with E-state index in [0.717, 1.165) is 25.7 Å². The van der Waals surface area contributed by atoms with Crippen LogP contribution in [0.3, 0.4) is 0 Å². The Balaban J connectivity index is 2.26. The lowest BCUT2D eigenvalue weighted by molar-refractivity contribution is -0.129. The fourth-order valence-corrected chi connectivity index (χ4v) is 2.40. The average Bonchev–Trinajstić information content (AvgIpc) is 2.38. The van der Waals surface area contributed by atoms with Crippen molar-refractivity contribution < 1.29 is 9.59 Å². The van der Waals surface area contributed by atoms with Crippen LogP contribution in [0.2, 0.25) is 0 Å². The number of carbonyl (C=O) groups is 2. The van der Waals surface area contributed by atoms with E-state index in [2.05, 4.69) is 5.32 Å². The fourth-order valence-electron chi connectivity index (χ4n) is 2.40. The van der Waals surface area contributed by atoms with Crippen LogP contribution in [-0.2, 0) is 9.59 Å². The molecule has 1 aliphatic rings. The Labute approximate surface area is 109 Å². The van der Waals surface area contributed by atoms with Crippen molar-refractivity contribution in [1.29, 1.82) is 0 Å². The molecule has 1 saturated carbocycles. The normalized spacial score (nSPS) is 23.5. The smallest absolute Gasteiger partial charge is 0.223 e. The molecule has 0 aromatic carbocycles. The third-order valence-electron chi connectivity index (χ3n) is 3.62. The largest absolute Gasteiger partial charge is 0.355 e. The summed E-state index contributed by atoms with van der Waals surface area (Å²) in [6.45, 7) is 1.10. The van der Waals surface area contributed by atoms with Gasteiger partial charge in [-0.2, -0.15) is 0 Å². The van der Waals surface area contributed by atoms with Gasteiger partial charge in [-0.25, -0.2) is 0 Å². The maximum atomic E-state index is 11.9. The van der Waals surface area contributed by atoms with Gasteiger partial charge in [0.05, 0.1) is 0 Å². The topological polar surface area (TPSA) is 75.4 Å². The van der Waals surface area contributed by atoms with Gasteiger partial charge in [0, 0.05) is 33.0 Å². The van der Waals surface area contributed by atoms with Crippen molar-refractivity contribution in [2.75, 3.05) is 27.2 Å². The number of nitrogens with one attached hydrogen (secondary N) is 1. The fraction of sp³-hybridized carbons (Fsp3) is 0.846. The zero-order valence-electron chi connectivity index (χ0n) is 11.4. The molecule has 0 aromatic rings. The molecule has 0 bridgehead atoms.